The molecule has 0 saturated heterocycles. The number of hydrogen-bond acceptors (Lipinski definition) is 0. The second-order valence-electron chi connectivity index (χ2n) is 3.81. The maximum absolute atomic E-state index is 3.89. The smallest absolute Gasteiger partial charge is 0.218 e. The van der Waals surface area contributed by atoms with Crippen LogP contribution in [-0.2, 0) is 0 Å². The normalized spacial score (nSPS) is 10.1. The molecule has 17 heavy (non-hydrogen) atoms. The number of pyridine rings is 1. The van der Waals surface area contributed by atoms with Gasteiger partial charge in [-0.2, -0.15) is 4.57 Å². The van der Waals surface area contributed by atoms with Crippen molar-refractivity contribution in [1.29, 1.82) is 0 Å². The predicted octanol–water partition coefficient (Wildman–Crippen LogP) is 0.385. The van der Waals surface area contributed by atoms with Gasteiger partial charge in [0.15, 0.2) is 6.20 Å². The number of fused-ring (bicyclic) bond motifs is 2. The molecule has 84 valence electrons. The summed E-state index contributed by atoms with van der Waals surface area (Å²) >= 11 is 0. The summed E-state index contributed by atoms with van der Waals surface area (Å²) in [5, 5.41) is 2.47. The van der Waals surface area contributed by atoms with E-state index in [1.54, 1.807) is 0 Å². The highest BCUT2D eigenvalue weighted by Gasteiger charge is 2.10. The maximum atomic E-state index is 3.89. The van der Waals surface area contributed by atoms with E-state index in [4.69, 9.17) is 0 Å². The molecule has 0 saturated carbocycles. The quantitative estimate of drug-likeness (QED) is 0.429. The molecule has 1 nitrogen and oxygen atoms in total. The topological polar surface area (TPSA) is 3.88 Å². The van der Waals surface area contributed by atoms with Crippen molar-refractivity contribution in [2.24, 2.45) is 0 Å². The van der Waals surface area contributed by atoms with Gasteiger partial charge in [0.25, 0.3) is 0 Å². The molecular weight excluding hydrogens is 230 g/mol. The van der Waals surface area contributed by atoms with Gasteiger partial charge in [-0.05, 0) is 24.8 Å². The lowest BCUT2D eigenvalue weighted by molar-refractivity contribution is -0.508. The van der Waals surface area contributed by atoms with Crippen molar-refractivity contribution < 1.29 is 17.0 Å². The van der Waals surface area contributed by atoms with Crippen LogP contribution in [-0.4, -0.2) is 0 Å². The van der Waals surface area contributed by atoms with Gasteiger partial charge in [-0.3, -0.25) is 0 Å². The summed E-state index contributed by atoms with van der Waals surface area (Å²) in [5.41, 5.74) is 2.38. The van der Waals surface area contributed by atoms with Gasteiger partial charge in [0.05, 0.1) is 0 Å². The number of rotatable bonds is 1. The van der Waals surface area contributed by atoms with Crippen LogP contribution in [0.4, 0.5) is 0 Å². The number of benzene rings is 2. The largest absolute Gasteiger partial charge is 1.00 e. The SMILES string of the molecule is C=C[n+]1c2ccccc2cc2ccccc21.[Cl-]. The minimum Gasteiger partial charge on any atom is -1.00 e. The standard InChI is InChI=1S/C15H12N.ClH/c1-2-16-14-9-5-3-7-12(14)11-13-8-4-6-10-15(13)16;/h2-11H,1H2;1H/q+1;/p-1. The lowest BCUT2D eigenvalue weighted by atomic mass is 10.1. The first kappa shape index (κ1) is 11.6. The fraction of sp³-hybridized carbons (Fsp3) is 0. The van der Waals surface area contributed by atoms with Crippen molar-refractivity contribution in [2.75, 3.05) is 0 Å². The average molecular weight is 242 g/mol. The number of halogens is 1. The first-order chi connectivity index (χ1) is 7.90. The minimum atomic E-state index is 0. The Balaban J connectivity index is 0.00000108. The molecule has 1 aromatic heterocycles. The highest BCUT2D eigenvalue weighted by Crippen LogP contribution is 2.17. The van der Waals surface area contributed by atoms with Crippen LogP contribution in [0.2, 0.25) is 0 Å². The van der Waals surface area contributed by atoms with E-state index in [2.05, 4.69) is 65.7 Å². The van der Waals surface area contributed by atoms with Gasteiger partial charge in [0.1, 0.15) is 0 Å². The summed E-state index contributed by atoms with van der Waals surface area (Å²) < 4.78 is 2.13. The molecule has 3 aromatic rings. The molecule has 3 rings (SSSR count). The fourth-order valence-corrected chi connectivity index (χ4v) is 2.15. The summed E-state index contributed by atoms with van der Waals surface area (Å²) in [5.74, 6) is 0. The Hall–Kier alpha value is -1.86. The summed E-state index contributed by atoms with van der Waals surface area (Å²) in [6.07, 6.45) is 1.87. The summed E-state index contributed by atoms with van der Waals surface area (Å²) in [6, 6.07) is 18.9. The summed E-state index contributed by atoms with van der Waals surface area (Å²) in [6.45, 7) is 3.89. The van der Waals surface area contributed by atoms with Crippen LogP contribution >= 0.6 is 0 Å². The molecule has 0 amide bonds. The average Bonchev–Trinajstić information content (AvgIpc) is 2.36. The van der Waals surface area contributed by atoms with Crippen LogP contribution in [0.5, 0.6) is 0 Å². The molecule has 0 atom stereocenters. The lowest BCUT2D eigenvalue weighted by Gasteiger charge is -2.00. The third-order valence-electron chi connectivity index (χ3n) is 2.89. The number of para-hydroxylation sites is 2. The van der Waals surface area contributed by atoms with E-state index in [0.29, 0.717) is 0 Å². The van der Waals surface area contributed by atoms with Crippen molar-refractivity contribution in [3.8, 4) is 0 Å². The minimum absolute atomic E-state index is 0. The van der Waals surface area contributed by atoms with Gasteiger partial charge in [0.2, 0.25) is 11.0 Å². The summed E-state index contributed by atoms with van der Waals surface area (Å²) in [7, 11) is 0. The second kappa shape index (κ2) is 4.56. The van der Waals surface area contributed by atoms with Crippen LogP contribution in [0.3, 0.4) is 0 Å². The molecule has 0 N–H and O–H groups in total. The zero-order valence-electron chi connectivity index (χ0n) is 9.31. The molecule has 0 bridgehead atoms. The molecule has 0 aliphatic rings. The molecule has 1 heterocycles. The number of hydrogen-bond donors (Lipinski definition) is 0. The van der Waals surface area contributed by atoms with Crippen LogP contribution in [0.1, 0.15) is 0 Å². The first-order valence-corrected chi connectivity index (χ1v) is 5.35. The van der Waals surface area contributed by atoms with Crippen molar-refractivity contribution in [3.63, 3.8) is 0 Å². The van der Waals surface area contributed by atoms with Gasteiger partial charge < -0.3 is 12.4 Å². The Morgan fingerprint density at radius 2 is 1.29 bits per heavy atom. The van der Waals surface area contributed by atoms with Gasteiger partial charge in [-0.1, -0.05) is 24.3 Å². The molecule has 0 aliphatic heterocycles. The van der Waals surface area contributed by atoms with Gasteiger partial charge in [0, 0.05) is 22.9 Å². The molecule has 2 aromatic carbocycles. The fourth-order valence-electron chi connectivity index (χ4n) is 2.15. The predicted molar refractivity (Wildman–Crippen MR) is 68.0 cm³/mol. The molecule has 2 heteroatoms. The third kappa shape index (κ3) is 1.79. The van der Waals surface area contributed by atoms with Crippen LogP contribution in [0, 0.1) is 0 Å². The number of nitrogens with zero attached hydrogens (tertiary/aromatic N) is 1. The van der Waals surface area contributed by atoms with Crippen LogP contribution < -0.4 is 17.0 Å². The van der Waals surface area contributed by atoms with Crippen molar-refractivity contribution in [1.82, 2.24) is 0 Å². The number of aromatic nitrogens is 1. The second-order valence-corrected chi connectivity index (χ2v) is 3.81. The molecule has 0 unspecified atom stereocenters. The Bertz CT molecular complexity index is 635. The zero-order valence-corrected chi connectivity index (χ0v) is 10.1. The Kier molecular flexibility index (Phi) is 3.12. The third-order valence-corrected chi connectivity index (χ3v) is 2.89. The van der Waals surface area contributed by atoms with Crippen LogP contribution in [0.15, 0.2) is 61.2 Å². The van der Waals surface area contributed by atoms with E-state index in [9.17, 15) is 0 Å². The Labute approximate surface area is 106 Å². The van der Waals surface area contributed by atoms with E-state index >= 15 is 0 Å². The zero-order chi connectivity index (χ0) is 11.0. The molecular formula is C15H12ClN. The van der Waals surface area contributed by atoms with Gasteiger partial charge in [-0.15, -0.1) is 0 Å². The Morgan fingerprint density at radius 1 is 0.824 bits per heavy atom. The highest BCUT2D eigenvalue weighted by atomic mass is 35.5. The first-order valence-electron chi connectivity index (χ1n) is 5.35. The van der Waals surface area contributed by atoms with Gasteiger partial charge in [-0.25, -0.2) is 0 Å². The van der Waals surface area contributed by atoms with E-state index in [1.165, 1.54) is 21.8 Å². The van der Waals surface area contributed by atoms with Crippen molar-refractivity contribution >= 4 is 28.0 Å². The van der Waals surface area contributed by atoms with Crippen molar-refractivity contribution in [3.05, 3.63) is 61.2 Å². The van der Waals surface area contributed by atoms with E-state index in [0.717, 1.165) is 0 Å². The van der Waals surface area contributed by atoms with E-state index in [1.807, 2.05) is 6.20 Å². The molecule has 0 radical (unpaired) electrons. The lowest BCUT2D eigenvalue weighted by Crippen LogP contribution is -3.00. The Morgan fingerprint density at radius 3 is 1.76 bits per heavy atom. The van der Waals surface area contributed by atoms with E-state index < -0.39 is 0 Å². The molecule has 0 spiro atoms. The van der Waals surface area contributed by atoms with Crippen molar-refractivity contribution in [2.45, 2.75) is 0 Å². The van der Waals surface area contributed by atoms with Crippen LogP contribution in [0.25, 0.3) is 28.0 Å². The van der Waals surface area contributed by atoms with Gasteiger partial charge >= 0.3 is 0 Å². The maximum Gasteiger partial charge on any atom is 0.218 e. The van der Waals surface area contributed by atoms with E-state index in [-0.39, 0.29) is 12.4 Å². The summed E-state index contributed by atoms with van der Waals surface area (Å²) in [4.78, 5) is 0. The molecule has 0 aliphatic carbocycles. The highest BCUT2D eigenvalue weighted by molar-refractivity contribution is 5.89. The monoisotopic (exact) mass is 241 g/mol. The molecule has 0 fully saturated rings.